The first-order valence-electron chi connectivity index (χ1n) is 5.86. The van der Waals surface area contributed by atoms with Crippen LogP contribution in [0, 0.1) is 0 Å². The fraction of sp³-hybridized carbons (Fsp3) is 0.462. The maximum Gasteiger partial charge on any atom is 0.157 e. The van der Waals surface area contributed by atoms with Crippen LogP contribution in [0.2, 0.25) is 0 Å². The number of nitrogens with zero attached hydrogens (tertiary/aromatic N) is 1. The van der Waals surface area contributed by atoms with Gasteiger partial charge in [-0.3, -0.25) is 4.99 Å². The molecular weight excluding hydrogens is 216 g/mol. The van der Waals surface area contributed by atoms with Crippen molar-refractivity contribution in [1.82, 2.24) is 5.32 Å². The van der Waals surface area contributed by atoms with E-state index in [0.29, 0.717) is 6.04 Å². The molecule has 1 fully saturated rings. The van der Waals surface area contributed by atoms with Gasteiger partial charge in [-0.2, -0.15) is 0 Å². The first-order valence-corrected chi connectivity index (χ1v) is 6.84. The van der Waals surface area contributed by atoms with E-state index in [1.807, 2.05) is 17.8 Å². The number of benzene rings is 1. The molecular formula is C13H18N2S. The van der Waals surface area contributed by atoms with Crippen molar-refractivity contribution in [3.63, 3.8) is 0 Å². The van der Waals surface area contributed by atoms with E-state index in [0.717, 1.165) is 11.7 Å². The van der Waals surface area contributed by atoms with Gasteiger partial charge in [0.05, 0.1) is 6.54 Å². The Kier molecular flexibility index (Phi) is 4.28. The van der Waals surface area contributed by atoms with Gasteiger partial charge in [0, 0.05) is 11.8 Å². The molecule has 2 nitrogen and oxygen atoms in total. The molecule has 0 aromatic heterocycles. The molecule has 1 aliphatic rings. The van der Waals surface area contributed by atoms with Crippen LogP contribution >= 0.6 is 11.8 Å². The molecule has 2 rings (SSSR count). The third-order valence-corrected chi connectivity index (χ3v) is 3.73. The second kappa shape index (κ2) is 5.94. The monoisotopic (exact) mass is 234 g/mol. The van der Waals surface area contributed by atoms with E-state index in [4.69, 9.17) is 0 Å². The van der Waals surface area contributed by atoms with Gasteiger partial charge in [0.2, 0.25) is 0 Å². The Labute approximate surface area is 102 Å². The lowest BCUT2D eigenvalue weighted by molar-refractivity contribution is 0.570. The first-order chi connectivity index (χ1) is 7.88. The zero-order valence-electron chi connectivity index (χ0n) is 9.65. The molecule has 1 aliphatic heterocycles. The largest absolute Gasteiger partial charge is 0.362 e. The van der Waals surface area contributed by atoms with Gasteiger partial charge < -0.3 is 5.32 Å². The Hall–Kier alpha value is -0.960. The van der Waals surface area contributed by atoms with Crippen molar-refractivity contribution in [1.29, 1.82) is 0 Å². The van der Waals surface area contributed by atoms with Crippen molar-refractivity contribution in [2.45, 2.75) is 32.4 Å². The van der Waals surface area contributed by atoms with E-state index >= 15 is 0 Å². The molecule has 1 saturated heterocycles. The SMILES string of the molecule is CCC1CCSC(=NCc2ccccc2)N1. The molecule has 1 aromatic carbocycles. The minimum atomic E-state index is 0.621. The molecule has 1 N–H and O–H groups in total. The summed E-state index contributed by atoms with van der Waals surface area (Å²) >= 11 is 1.84. The van der Waals surface area contributed by atoms with Crippen molar-refractivity contribution in [2.24, 2.45) is 4.99 Å². The lowest BCUT2D eigenvalue weighted by Crippen LogP contribution is -2.37. The lowest BCUT2D eigenvalue weighted by atomic mass is 10.2. The Morgan fingerprint density at radius 2 is 2.19 bits per heavy atom. The third kappa shape index (κ3) is 3.27. The van der Waals surface area contributed by atoms with Crippen molar-refractivity contribution >= 4 is 16.9 Å². The van der Waals surface area contributed by atoms with Crippen LogP contribution in [-0.2, 0) is 6.54 Å². The molecule has 0 bridgehead atoms. The van der Waals surface area contributed by atoms with E-state index in [9.17, 15) is 0 Å². The van der Waals surface area contributed by atoms with Crippen LogP contribution in [0.25, 0.3) is 0 Å². The molecule has 0 amide bonds. The van der Waals surface area contributed by atoms with Crippen LogP contribution < -0.4 is 5.32 Å². The predicted molar refractivity (Wildman–Crippen MR) is 71.9 cm³/mol. The Morgan fingerprint density at radius 1 is 1.38 bits per heavy atom. The topological polar surface area (TPSA) is 24.4 Å². The van der Waals surface area contributed by atoms with Gasteiger partial charge in [-0.05, 0) is 18.4 Å². The van der Waals surface area contributed by atoms with E-state index in [2.05, 4.69) is 41.5 Å². The maximum absolute atomic E-state index is 4.62. The van der Waals surface area contributed by atoms with Crippen molar-refractivity contribution in [2.75, 3.05) is 5.75 Å². The summed E-state index contributed by atoms with van der Waals surface area (Å²) in [6.45, 7) is 3.01. The van der Waals surface area contributed by atoms with Gasteiger partial charge in [-0.1, -0.05) is 49.0 Å². The van der Waals surface area contributed by atoms with Gasteiger partial charge in [0.25, 0.3) is 0 Å². The highest BCUT2D eigenvalue weighted by Gasteiger charge is 2.14. The number of amidine groups is 1. The van der Waals surface area contributed by atoms with E-state index in [1.54, 1.807) is 0 Å². The summed E-state index contributed by atoms with van der Waals surface area (Å²) in [5.74, 6) is 1.19. The molecule has 0 aliphatic carbocycles. The highest BCUT2D eigenvalue weighted by Crippen LogP contribution is 2.16. The first kappa shape index (κ1) is 11.5. The van der Waals surface area contributed by atoms with Crippen LogP contribution in [0.1, 0.15) is 25.3 Å². The average molecular weight is 234 g/mol. The number of nitrogens with one attached hydrogen (secondary N) is 1. The van der Waals surface area contributed by atoms with Crippen molar-refractivity contribution < 1.29 is 0 Å². The van der Waals surface area contributed by atoms with E-state index < -0.39 is 0 Å². The Bertz CT molecular complexity index is 348. The predicted octanol–water partition coefficient (Wildman–Crippen LogP) is 3.05. The van der Waals surface area contributed by atoms with Crippen molar-refractivity contribution in [3.8, 4) is 0 Å². The van der Waals surface area contributed by atoms with Gasteiger partial charge >= 0.3 is 0 Å². The second-order valence-corrected chi connectivity index (χ2v) is 5.08. The minimum absolute atomic E-state index is 0.621. The number of hydrogen-bond acceptors (Lipinski definition) is 2. The summed E-state index contributed by atoms with van der Waals surface area (Å²) in [5, 5.41) is 4.60. The summed E-state index contributed by atoms with van der Waals surface area (Å²) < 4.78 is 0. The Balaban J connectivity index is 1.92. The molecule has 1 heterocycles. The van der Waals surface area contributed by atoms with Crippen molar-refractivity contribution in [3.05, 3.63) is 35.9 Å². The second-order valence-electron chi connectivity index (χ2n) is 3.99. The number of aliphatic imine (C=N–C) groups is 1. The van der Waals surface area contributed by atoms with Gasteiger partial charge in [0.15, 0.2) is 5.17 Å². The van der Waals surface area contributed by atoms with E-state index in [1.165, 1.54) is 24.2 Å². The van der Waals surface area contributed by atoms with Crippen LogP contribution in [0.15, 0.2) is 35.3 Å². The van der Waals surface area contributed by atoms with Gasteiger partial charge in [0.1, 0.15) is 0 Å². The molecule has 16 heavy (non-hydrogen) atoms. The van der Waals surface area contributed by atoms with Crippen LogP contribution in [0.4, 0.5) is 0 Å². The fourth-order valence-electron chi connectivity index (χ4n) is 1.73. The highest BCUT2D eigenvalue weighted by atomic mass is 32.2. The van der Waals surface area contributed by atoms with E-state index in [-0.39, 0.29) is 0 Å². The third-order valence-electron chi connectivity index (χ3n) is 2.77. The molecule has 86 valence electrons. The van der Waals surface area contributed by atoms with Gasteiger partial charge in [-0.25, -0.2) is 0 Å². The lowest BCUT2D eigenvalue weighted by Gasteiger charge is -2.24. The van der Waals surface area contributed by atoms with Crippen LogP contribution in [0.5, 0.6) is 0 Å². The summed E-state index contributed by atoms with van der Waals surface area (Å²) in [6, 6.07) is 11.0. The molecule has 1 unspecified atom stereocenters. The smallest absolute Gasteiger partial charge is 0.157 e. The summed E-state index contributed by atoms with van der Waals surface area (Å²) in [7, 11) is 0. The minimum Gasteiger partial charge on any atom is -0.362 e. The zero-order chi connectivity index (χ0) is 11.2. The standard InChI is InChI=1S/C13H18N2S/c1-2-12-8-9-16-13(15-12)14-10-11-6-4-3-5-7-11/h3-7,12H,2,8-10H2,1H3,(H,14,15). The molecule has 0 spiro atoms. The molecule has 0 saturated carbocycles. The maximum atomic E-state index is 4.62. The molecule has 3 heteroatoms. The van der Waals surface area contributed by atoms with Crippen LogP contribution in [-0.4, -0.2) is 17.0 Å². The average Bonchev–Trinajstić information content (AvgIpc) is 2.38. The van der Waals surface area contributed by atoms with Crippen LogP contribution in [0.3, 0.4) is 0 Å². The zero-order valence-corrected chi connectivity index (χ0v) is 10.5. The highest BCUT2D eigenvalue weighted by molar-refractivity contribution is 8.13. The van der Waals surface area contributed by atoms with Gasteiger partial charge in [-0.15, -0.1) is 0 Å². The molecule has 1 aromatic rings. The number of thioether (sulfide) groups is 1. The fourth-order valence-corrected chi connectivity index (χ4v) is 2.73. The quantitative estimate of drug-likeness (QED) is 0.869. The molecule has 0 radical (unpaired) electrons. The molecule has 1 atom stereocenters. The number of hydrogen-bond donors (Lipinski definition) is 1. The number of rotatable bonds is 3. The summed E-state index contributed by atoms with van der Waals surface area (Å²) in [4.78, 5) is 4.62. The Morgan fingerprint density at radius 3 is 2.94 bits per heavy atom. The normalized spacial score (nSPS) is 23.1. The summed E-state index contributed by atoms with van der Waals surface area (Å²) in [6.07, 6.45) is 2.44. The summed E-state index contributed by atoms with van der Waals surface area (Å²) in [5.41, 5.74) is 1.27.